The first-order chi connectivity index (χ1) is 0. The molecule has 0 fully saturated rings. The predicted molar refractivity (Wildman–Crippen MR) is 20.2 cm³/mol. The van der Waals surface area contributed by atoms with Crippen LogP contribution in [0, 0.1) is 0 Å². The molecule has 6 heteroatoms. The Hall–Kier alpha value is 1.16. The minimum atomic E-state index is 0. The molecule has 0 spiro atoms. The van der Waals surface area contributed by atoms with Gasteiger partial charge in [0.25, 0.3) is 0 Å². The first-order valence-corrected chi connectivity index (χ1v) is 0. The van der Waals surface area contributed by atoms with Crippen molar-refractivity contribution in [1.82, 2.24) is 0 Å². The SMILES string of the molecule is O.O.O.O.[Fe].[Sn]. The minimum absolute atomic E-state index is 0. The maximum absolute atomic E-state index is 0. The third-order valence-corrected chi connectivity index (χ3v) is 0. The first-order valence-electron chi connectivity index (χ1n) is 0. The Morgan fingerprint density at radius 2 is 0.500 bits per heavy atom. The summed E-state index contributed by atoms with van der Waals surface area (Å²) in [5.74, 6) is 0. The van der Waals surface area contributed by atoms with Crippen molar-refractivity contribution in [3.8, 4) is 0 Å². The van der Waals surface area contributed by atoms with E-state index in [0.717, 1.165) is 0 Å². The van der Waals surface area contributed by atoms with Gasteiger partial charge in [-0.1, -0.05) is 0 Å². The predicted octanol–water partition coefficient (Wildman–Crippen LogP) is -3.68. The van der Waals surface area contributed by atoms with Crippen LogP contribution in [-0.4, -0.2) is 45.8 Å². The smallest absolute Gasteiger partial charge is 0 e. The summed E-state index contributed by atoms with van der Waals surface area (Å²) < 4.78 is 0. The molecule has 0 unspecified atom stereocenters. The van der Waals surface area contributed by atoms with Crippen molar-refractivity contribution in [1.29, 1.82) is 0 Å². The van der Waals surface area contributed by atoms with E-state index in [0.29, 0.717) is 0 Å². The largest absolute Gasteiger partial charge is 0.412 e. The molecule has 0 atom stereocenters. The van der Waals surface area contributed by atoms with Gasteiger partial charge in [0.2, 0.25) is 0 Å². The van der Waals surface area contributed by atoms with Crippen LogP contribution in [0.2, 0.25) is 0 Å². The zero-order valence-electron chi connectivity index (χ0n) is 2.85. The van der Waals surface area contributed by atoms with Crippen molar-refractivity contribution in [3.63, 3.8) is 0 Å². The molecule has 0 aliphatic heterocycles. The molecule has 0 saturated carbocycles. The maximum Gasteiger partial charge on any atom is 0 e. The molecule has 6 heavy (non-hydrogen) atoms. The van der Waals surface area contributed by atoms with E-state index in [1.165, 1.54) is 0 Å². The third kappa shape index (κ3) is 66.5. The normalized spacial score (nSPS) is 0. The van der Waals surface area contributed by atoms with Crippen molar-refractivity contribution < 1.29 is 39.0 Å². The second-order valence-electron chi connectivity index (χ2n) is 0. The summed E-state index contributed by atoms with van der Waals surface area (Å²) in [6, 6.07) is 0. The van der Waals surface area contributed by atoms with Crippen molar-refractivity contribution >= 4 is 23.9 Å². The Bertz CT molecular complexity index is 7.51. The molecule has 0 bridgehead atoms. The molecule has 44 valence electrons. The van der Waals surface area contributed by atoms with Crippen LogP contribution >= 0.6 is 0 Å². The summed E-state index contributed by atoms with van der Waals surface area (Å²) in [5.41, 5.74) is 0. The molecule has 0 aromatic heterocycles. The number of hydrogen-bond acceptors (Lipinski definition) is 0. The quantitative estimate of drug-likeness (QED) is 0.390. The second-order valence-corrected chi connectivity index (χ2v) is 0. The molecule has 8 N–H and O–H groups in total. The van der Waals surface area contributed by atoms with E-state index < -0.39 is 0 Å². The van der Waals surface area contributed by atoms with Crippen LogP contribution in [0.3, 0.4) is 0 Å². The standard InChI is InChI=1S/Fe.4H2O.Sn/h;4*1H2;. The van der Waals surface area contributed by atoms with Crippen molar-refractivity contribution in [3.05, 3.63) is 0 Å². The molecule has 0 aliphatic rings. The molecular weight excluding hydrogens is 239 g/mol. The van der Waals surface area contributed by atoms with E-state index in [2.05, 4.69) is 0 Å². The molecular formula is H8FeO4Sn. The molecule has 4 nitrogen and oxygen atoms in total. The Kier molecular flexibility index (Phi) is 4120. The van der Waals surface area contributed by atoms with Gasteiger partial charge >= 0.3 is 0 Å². The molecule has 0 aromatic carbocycles. The molecule has 0 rings (SSSR count). The van der Waals surface area contributed by atoms with E-state index in [1.54, 1.807) is 0 Å². The van der Waals surface area contributed by atoms with Gasteiger partial charge < -0.3 is 21.9 Å². The van der Waals surface area contributed by atoms with Gasteiger partial charge in [-0.15, -0.1) is 0 Å². The van der Waals surface area contributed by atoms with E-state index >= 15 is 0 Å². The molecule has 0 aliphatic carbocycles. The van der Waals surface area contributed by atoms with Crippen LogP contribution < -0.4 is 0 Å². The van der Waals surface area contributed by atoms with Gasteiger partial charge in [0.05, 0.1) is 0 Å². The Labute approximate surface area is 63.0 Å². The fourth-order valence-electron chi connectivity index (χ4n) is 0. The van der Waals surface area contributed by atoms with Gasteiger partial charge in [-0.3, -0.25) is 0 Å². The van der Waals surface area contributed by atoms with Gasteiger partial charge in [-0.25, -0.2) is 0 Å². The van der Waals surface area contributed by atoms with Crippen LogP contribution in [0.4, 0.5) is 0 Å². The molecule has 0 amide bonds. The van der Waals surface area contributed by atoms with Crippen molar-refractivity contribution in [2.24, 2.45) is 0 Å². The average molecular weight is 247 g/mol. The van der Waals surface area contributed by atoms with Crippen LogP contribution in [0.25, 0.3) is 0 Å². The van der Waals surface area contributed by atoms with Gasteiger partial charge in [0.15, 0.2) is 0 Å². The monoisotopic (exact) mass is 248 g/mol. The zero-order chi connectivity index (χ0) is 0. The molecule has 4 radical (unpaired) electrons. The summed E-state index contributed by atoms with van der Waals surface area (Å²) in [7, 11) is 0. The Morgan fingerprint density at radius 3 is 0.500 bits per heavy atom. The van der Waals surface area contributed by atoms with Gasteiger partial charge in [0, 0.05) is 41.0 Å². The van der Waals surface area contributed by atoms with Crippen molar-refractivity contribution in [2.45, 2.75) is 0 Å². The maximum atomic E-state index is 0. The van der Waals surface area contributed by atoms with E-state index in [-0.39, 0.29) is 62.9 Å². The van der Waals surface area contributed by atoms with Crippen LogP contribution in [0.1, 0.15) is 0 Å². The second kappa shape index (κ2) is 122. The van der Waals surface area contributed by atoms with Gasteiger partial charge in [-0.05, 0) is 0 Å². The number of hydrogen-bond donors (Lipinski definition) is 0. The van der Waals surface area contributed by atoms with Crippen LogP contribution in [0.15, 0.2) is 0 Å². The first kappa shape index (κ1) is 202. The third-order valence-electron chi connectivity index (χ3n) is 0. The zero-order valence-corrected chi connectivity index (χ0v) is 6.81. The van der Waals surface area contributed by atoms with Gasteiger partial charge in [0.1, 0.15) is 0 Å². The fourth-order valence-corrected chi connectivity index (χ4v) is 0. The van der Waals surface area contributed by atoms with E-state index in [4.69, 9.17) is 0 Å². The van der Waals surface area contributed by atoms with Crippen LogP contribution in [-0.2, 0) is 17.1 Å². The Morgan fingerprint density at radius 1 is 0.500 bits per heavy atom. The average Bonchev–Trinajstić information content (AvgIpc) is 0. The summed E-state index contributed by atoms with van der Waals surface area (Å²) in [6.45, 7) is 0. The van der Waals surface area contributed by atoms with Crippen molar-refractivity contribution in [2.75, 3.05) is 0 Å². The molecule has 0 aromatic rings. The summed E-state index contributed by atoms with van der Waals surface area (Å²) in [5, 5.41) is 0. The molecule has 0 heterocycles. The summed E-state index contributed by atoms with van der Waals surface area (Å²) in [6.07, 6.45) is 0. The molecule has 0 saturated heterocycles. The summed E-state index contributed by atoms with van der Waals surface area (Å²) >= 11 is 0. The van der Waals surface area contributed by atoms with Crippen LogP contribution in [0.5, 0.6) is 0 Å². The fraction of sp³-hybridized carbons (Fsp3) is 0. The Balaban J connectivity index is 0. The van der Waals surface area contributed by atoms with E-state index in [1.807, 2.05) is 0 Å². The summed E-state index contributed by atoms with van der Waals surface area (Å²) in [4.78, 5) is 0. The number of rotatable bonds is 0. The van der Waals surface area contributed by atoms with E-state index in [9.17, 15) is 0 Å². The topological polar surface area (TPSA) is 126 Å². The minimum Gasteiger partial charge on any atom is -0.412 e. The van der Waals surface area contributed by atoms with Gasteiger partial charge in [-0.2, -0.15) is 0 Å².